The molecule has 0 aliphatic heterocycles. The molecule has 0 bridgehead atoms. The number of rotatable bonds is 69. The number of nitrogens with one attached hydrogen (secondary N) is 1. The van der Waals surface area contributed by atoms with Gasteiger partial charge in [-0.1, -0.05) is 366 Å². The quantitative estimate of drug-likeness (QED) is 0.0320. The molecule has 0 aromatic carbocycles. The number of hydrogen-bond acceptors (Lipinski definition) is 5. The predicted octanol–water partition coefficient (Wildman–Crippen LogP) is 23.7. The lowest BCUT2D eigenvalue weighted by atomic mass is 10.0. The largest absolute Gasteiger partial charge is 0.466 e. The summed E-state index contributed by atoms with van der Waals surface area (Å²) in [5.41, 5.74) is 0. The van der Waals surface area contributed by atoms with Crippen molar-refractivity contribution in [1.82, 2.24) is 5.32 Å². The molecule has 3 N–H and O–H groups in total. The molecule has 0 aliphatic rings. The average molecular weight is 1130 g/mol. The highest BCUT2D eigenvalue weighted by Crippen LogP contribution is 2.19. The van der Waals surface area contributed by atoms with Gasteiger partial charge in [-0.15, -0.1) is 0 Å². The average Bonchev–Trinajstić information content (AvgIpc) is 3.46. The smallest absolute Gasteiger partial charge is 0.305 e. The molecule has 0 spiro atoms. The second-order valence-corrected chi connectivity index (χ2v) is 25.3. The third kappa shape index (κ3) is 65.5. The van der Waals surface area contributed by atoms with Crippen molar-refractivity contribution in [3.05, 3.63) is 24.3 Å². The normalized spacial score (nSPS) is 12.6. The number of hydrogen-bond donors (Lipinski definition) is 3. The minimum atomic E-state index is -0.662. The maximum Gasteiger partial charge on any atom is 0.305 e. The molecule has 0 aromatic rings. The minimum absolute atomic E-state index is 0.0181. The van der Waals surface area contributed by atoms with E-state index in [0.29, 0.717) is 25.9 Å². The molecule has 0 heterocycles. The first-order valence-corrected chi connectivity index (χ1v) is 36.6. The highest BCUT2D eigenvalue weighted by atomic mass is 16.5. The number of aliphatic hydroxyl groups excluding tert-OH is 2. The Morgan fingerprint density at radius 1 is 0.350 bits per heavy atom. The van der Waals surface area contributed by atoms with Crippen molar-refractivity contribution in [2.45, 2.75) is 424 Å². The van der Waals surface area contributed by atoms with Crippen molar-refractivity contribution >= 4 is 11.9 Å². The summed E-state index contributed by atoms with van der Waals surface area (Å²) in [5.74, 6) is -0.0110. The van der Waals surface area contributed by atoms with E-state index in [2.05, 4.69) is 43.5 Å². The van der Waals surface area contributed by atoms with Crippen LogP contribution >= 0.6 is 0 Å². The van der Waals surface area contributed by atoms with Gasteiger partial charge in [0.15, 0.2) is 0 Å². The summed E-state index contributed by atoms with van der Waals surface area (Å²) in [6.07, 6.45) is 88.2. The number of aliphatic hydroxyl groups is 2. The van der Waals surface area contributed by atoms with Crippen molar-refractivity contribution in [3.63, 3.8) is 0 Å². The van der Waals surface area contributed by atoms with Gasteiger partial charge < -0.3 is 20.3 Å². The van der Waals surface area contributed by atoms with Crippen LogP contribution in [0.25, 0.3) is 0 Å². The van der Waals surface area contributed by atoms with Crippen molar-refractivity contribution < 1.29 is 24.5 Å². The predicted molar refractivity (Wildman–Crippen MR) is 352 cm³/mol. The maximum absolute atomic E-state index is 12.5. The molecular weight excluding hydrogens is 983 g/mol. The lowest BCUT2D eigenvalue weighted by Crippen LogP contribution is -2.45. The third-order valence-corrected chi connectivity index (χ3v) is 17.3. The molecule has 474 valence electrons. The van der Waals surface area contributed by atoms with E-state index >= 15 is 0 Å². The first kappa shape index (κ1) is 78.3. The highest BCUT2D eigenvalue weighted by Gasteiger charge is 2.20. The van der Waals surface area contributed by atoms with Crippen LogP contribution in [0, 0.1) is 0 Å². The lowest BCUT2D eigenvalue weighted by Gasteiger charge is -2.22. The Hall–Kier alpha value is -1.66. The Labute approximate surface area is 501 Å². The molecular formula is C74H143NO5. The Morgan fingerprint density at radius 2 is 0.625 bits per heavy atom. The molecule has 0 aromatic heterocycles. The zero-order valence-corrected chi connectivity index (χ0v) is 54.3. The van der Waals surface area contributed by atoms with Gasteiger partial charge in [0.05, 0.1) is 25.4 Å². The second-order valence-electron chi connectivity index (χ2n) is 25.3. The Kier molecular flexibility index (Phi) is 68.4. The molecule has 0 fully saturated rings. The number of carbonyl (C=O) groups excluding carboxylic acids is 2. The summed E-state index contributed by atoms with van der Waals surface area (Å²) in [7, 11) is 0. The molecule has 6 heteroatoms. The molecule has 0 radical (unpaired) electrons. The molecule has 6 nitrogen and oxygen atoms in total. The van der Waals surface area contributed by atoms with Gasteiger partial charge in [-0.3, -0.25) is 9.59 Å². The summed E-state index contributed by atoms with van der Waals surface area (Å²) >= 11 is 0. The number of esters is 1. The fraction of sp³-hybridized carbons (Fsp3) is 0.919. The van der Waals surface area contributed by atoms with Crippen LogP contribution in [0.5, 0.6) is 0 Å². The van der Waals surface area contributed by atoms with Gasteiger partial charge in [0.2, 0.25) is 5.91 Å². The summed E-state index contributed by atoms with van der Waals surface area (Å²) in [6, 6.07) is -0.539. The van der Waals surface area contributed by atoms with E-state index in [1.54, 1.807) is 0 Å². The van der Waals surface area contributed by atoms with E-state index in [9.17, 15) is 19.8 Å². The van der Waals surface area contributed by atoms with Crippen molar-refractivity contribution in [2.75, 3.05) is 13.2 Å². The number of ether oxygens (including phenoxy) is 1. The molecule has 0 saturated heterocycles. The Balaban J connectivity index is 3.36. The van der Waals surface area contributed by atoms with Gasteiger partial charge in [-0.25, -0.2) is 0 Å². The van der Waals surface area contributed by atoms with Gasteiger partial charge in [0, 0.05) is 12.8 Å². The summed E-state index contributed by atoms with van der Waals surface area (Å²) in [6.45, 7) is 4.99. The van der Waals surface area contributed by atoms with E-state index in [1.165, 1.54) is 334 Å². The number of carbonyl (C=O) groups is 2. The van der Waals surface area contributed by atoms with Crippen LogP contribution in [-0.4, -0.2) is 47.4 Å². The number of allylic oxidation sites excluding steroid dienone is 4. The van der Waals surface area contributed by atoms with E-state index < -0.39 is 12.1 Å². The zero-order chi connectivity index (χ0) is 57.8. The molecule has 1 amide bonds. The fourth-order valence-corrected chi connectivity index (χ4v) is 11.7. The minimum Gasteiger partial charge on any atom is -0.466 e. The SMILES string of the molecule is CCCCCCCCCCCCCCCCCCC(O)C(CO)NC(=O)CCCCCCCCCCCCCCCCCCC/C=C\C/C=C\CCCCCCCCCCCCCOC(=O)CCCCCCCCCCCCCC. The number of unbranched alkanes of at least 4 members (excludes halogenated alkanes) is 54. The van der Waals surface area contributed by atoms with Gasteiger partial charge in [0.1, 0.15) is 0 Å². The van der Waals surface area contributed by atoms with Gasteiger partial charge >= 0.3 is 5.97 Å². The van der Waals surface area contributed by atoms with Crippen LogP contribution < -0.4 is 5.32 Å². The van der Waals surface area contributed by atoms with Crippen LogP contribution in [0.1, 0.15) is 412 Å². The van der Waals surface area contributed by atoms with Gasteiger partial charge in [0.25, 0.3) is 0 Å². The monoisotopic (exact) mass is 1130 g/mol. The molecule has 0 aliphatic carbocycles. The topological polar surface area (TPSA) is 95.9 Å². The van der Waals surface area contributed by atoms with E-state index in [1.807, 2.05) is 0 Å². The number of amides is 1. The molecule has 0 saturated carbocycles. The third-order valence-electron chi connectivity index (χ3n) is 17.3. The van der Waals surface area contributed by atoms with Crippen molar-refractivity contribution in [1.29, 1.82) is 0 Å². The zero-order valence-electron chi connectivity index (χ0n) is 54.3. The standard InChI is InChI=1S/C74H143NO5/c1-3-5-7-9-11-13-15-17-18-40-43-46-50-54-58-62-66-72(77)71(70-76)75-73(78)67-63-59-55-51-47-44-41-38-36-34-32-30-28-26-24-22-20-19-21-23-25-27-29-31-33-35-37-39-42-45-49-53-57-61-65-69-80-74(79)68-64-60-56-52-48-16-14-12-10-8-6-4-2/h21,23,27,29,71-72,76-77H,3-20,22,24-26,28,30-70H2,1-2H3,(H,75,78)/b23-21-,29-27-. The van der Waals surface area contributed by atoms with Gasteiger partial charge in [-0.05, 0) is 57.8 Å². The van der Waals surface area contributed by atoms with Crippen LogP contribution in [0.2, 0.25) is 0 Å². The van der Waals surface area contributed by atoms with E-state index in [0.717, 1.165) is 44.9 Å². The molecule has 2 atom stereocenters. The first-order chi connectivity index (χ1) is 39.5. The first-order valence-electron chi connectivity index (χ1n) is 36.6. The Bertz CT molecular complexity index is 1250. The van der Waals surface area contributed by atoms with Crippen molar-refractivity contribution in [3.8, 4) is 0 Å². The molecule has 2 unspecified atom stereocenters. The van der Waals surface area contributed by atoms with Crippen LogP contribution in [-0.2, 0) is 14.3 Å². The fourth-order valence-electron chi connectivity index (χ4n) is 11.7. The lowest BCUT2D eigenvalue weighted by molar-refractivity contribution is -0.143. The van der Waals surface area contributed by atoms with Crippen molar-refractivity contribution in [2.24, 2.45) is 0 Å². The molecule has 0 rings (SSSR count). The van der Waals surface area contributed by atoms with Gasteiger partial charge in [-0.2, -0.15) is 0 Å². The summed E-state index contributed by atoms with van der Waals surface area (Å²) in [4.78, 5) is 24.5. The Morgan fingerprint density at radius 3 is 0.950 bits per heavy atom. The van der Waals surface area contributed by atoms with Crippen LogP contribution in [0.15, 0.2) is 24.3 Å². The van der Waals surface area contributed by atoms with E-state index in [4.69, 9.17) is 4.74 Å². The van der Waals surface area contributed by atoms with Crippen LogP contribution in [0.3, 0.4) is 0 Å². The second kappa shape index (κ2) is 69.8. The van der Waals surface area contributed by atoms with E-state index in [-0.39, 0.29) is 18.5 Å². The van der Waals surface area contributed by atoms with Crippen LogP contribution in [0.4, 0.5) is 0 Å². The molecule has 80 heavy (non-hydrogen) atoms. The summed E-state index contributed by atoms with van der Waals surface area (Å²) < 4.78 is 5.48. The summed E-state index contributed by atoms with van der Waals surface area (Å²) in [5, 5.41) is 23.4. The maximum atomic E-state index is 12.5. The highest BCUT2D eigenvalue weighted by molar-refractivity contribution is 5.76.